The van der Waals surface area contributed by atoms with E-state index in [1.54, 1.807) is 0 Å². The summed E-state index contributed by atoms with van der Waals surface area (Å²) in [5, 5.41) is 12.1. The van der Waals surface area contributed by atoms with Crippen molar-refractivity contribution < 1.29 is 23.1 Å². The van der Waals surface area contributed by atoms with Gasteiger partial charge in [0.1, 0.15) is 0 Å². The minimum Gasteiger partial charge on any atom is -0.478 e. The fourth-order valence-electron chi connectivity index (χ4n) is 2.40. The lowest BCUT2D eigenvalue weighted by atomic mass is 9.88. The lowest BCUT2D eigenvalue weighted by Crippen LogP contribution is -2.27. The maximum absolute atomic E-state index is 12.7. The van der Waals surface area contributed by atoms with Crippen LogP contribution in [0.4, 0.5) is 13.2 Å². The molecule has 1 aliphatic heterocycles. The molecule has 0 amide bonds. The average Bonchev–Trinajstić information content (AvgIpc) is 2.38. The summed E-state index contributed by atoms with van der Waals surface area (Å²) >= 11 is 0. The number of nitrogens with one attached hydrogen (secondary N) is 1. The summed E-state index contributed by atoms with van der Waals surface area (Å²) in [6.45, 7) is 1.60. The first-order valence-corrected chi connectivity index (χ1v) is 6.04. The molecule has 19 heavy (non-hydrogen) atoms. The number of carbonyl (C=O) groups is 1. The predicted octanol–water partition coefficient (Wildman–Crippen LogP) is 2.87. The highest BCUT2D eigenvalue weighted by molar-refractivity contribution is 5.90. The Labute approximate surface area is 108 Å². The second kappa shape index (κ2) is 5.21. The molecule has 1 aliphatic rings. The Kier molecular flexibility index (Phi) is 3.80. The van der Waals surface area contributed by atoms with Crippen LogP contribution in [0.25, 0.3) is 0 Å². The minimum atomic E-state index is -4.64. The van der Waals surface area contributed by atoms with E-state index in [4.69, 9.17) is 5.11 Å². The van der Waals surface area contributed by atoms with Crippen LogP contribution in [0.1, 0.15) is 40.2 Å². The van der Waals surface area contributed by atoms with Crippen molar-refractivity contribution in [1.82, 2.24) is 5.32 Å². The van der Waals surface area contributed by atoms with Crippen LogP contribution in [0.3, 0.4) is 0 Å². The lowest BCUT2D eigenvalue weighted by molar-refractivity contribution is -0.138. The maximum Gasteiger partial charge on any atom is 0.417 e. The zero-order valence-corrected chi connectivity index (χ0v) is 10.1. The molecular formula is C13H14F3NO2. The molecule has 6 heteroatoms. The summed E-state index contributed by atoms with van der Waals surface area (Å²) in [6.07, 6.45) is -3.02. The van der Waals surface area contributed by atoms with Crippen LogP contribution >= 0.6 is 0 Å². The van der Waals surface area contributed by atoms with Gasteiger partial charge in [0, 0.05) is 0 Å². The van der Waals surface area contributed by atoms with Gasteiger partial charge in [-0.3, -0.25) is 0 Å². The highest BCUT2D eigenvalue weighted by Crippen LogP contribution is 2.35. The molecule has 0 bridgehead atoms. The monoisotopic (exact) mass is 273 g/mol. The number of carboxylic acids is 1. The Hall–Kier alpha value is -1.56. The quantitative estimate of drug-likeness (QED) is 0.871. The first-order chi connectivity index (χ1) is 8.89. The van der Waals surface area contributed by atoms with Crippen LogP contribution in [0, 0.1) is 0 Å². The van der Waals surface area contributed by atoms with Crippen LogP contribution < -0.4 is 5.32 Å². The largest absolute Gasteiger partial charge is 0.478 e. The van der Waals surface area contributed by atoms with Crippen molar-refractivity contribution in [3.05, 3.63) is 34.9 Å². The van der Waals surface area contributed by atoms with Gasteiger partial charge < -0.3 is 10.4 Å². The normalized spacial score (nSPS) is 17.4. The SMILES string of the molecule is O=C(O)c1cc(C2CCNCC2)ccc1C(F)(F)F. The number of piperidine rings is 1. The third-order valence-electron chi connectivity index (χ3n) is 3.39. The number of alkyl halides is 3. The molecule has 1 fully saturated rings. The lowest BCUT2D eigenvalue weighted by Gasteiger charge is -2.24. The van der Waals surface area contributed by atoms with E-state index in [2.05, 4.69) is 5.32 Å². The van der Waals surface area contributed by atoms with E-state index in [1.807, 2.05) is 0 Å². The highest BCUT2D eigenvalue weighted by atomic mass is 19.4. The molecular weight excluding hydrogens is 259 g/mol. The van der Waals surface area contributed by atoms with Gasteiger partial charge in [-0.15, -0.1) is 0 Å². The van der Waals surface area contributed by atoms with Crippen molar-refractivity contribution in [3.63, 3.8) is 0 Å². The Balaban J connectivity index is 2.38. The van der Waals surface area contributed by atoms with Gasteiger partial charge in [-0.1, -0.05) is 6.07 Å². The molecule has 1 aromatic rings. The van der Waals surface area contributed by atoms with E-state index in [0.29, 0.717) is 5.56 Å². The molecule has 1 heterocycles. The third-order valence-corrected chi connectivity index (χ3v) is 3.39. The molecule has 0 saturated carbocycles. The van der Waals surface area contributed by atoms with Gasteiger partial charge in [0.25, 0.3) is 0 Å². The van der Waals surface area contributed by atoms with E-state index in [0.717, 1.165) is 32.0 Å². The first kappa shape index (κ1) is 13.9. The molecule has 0 aliphatic carbocycles. The average molecular weight is 273 g/mol. The molecule has 3 nitrogen and oxygen atoms in total. The Morgan fingerprint density at radius 1 is 1.26 bits per heavy atom. The maximum atomic E-state index is 12.7. The van der Waals surface area contributed by atoms with Gasteiger partial charge in [0.15, 0.2) is 0 Å². The second-order valence-corrected chi connectivity index (χ2v) is 4.63. The Bertz CT molecular complexity index is 479. The van der Waals surface area contributed by atoms with Crippen molar-refractivity contribution in [2.75, 3.05) is 13.1 Å². The number of hydrogen-bond acceptors (Lipinski definition) is 2. The second-order valence-electron chi connectivity index (χ2n) is 4.63. The van der Waals surface area contributed by atoms with Gasteiger partial charge in [-0.05, 0) is 49.5 Å². The van der Waals surface area contributed by atoms with E-state index >= 15 is 0 Å². The summed E-state index contributed by atoms with van der Waals surface area (Å²) < 4.78 is 38.1. The van der Waals surface area contributed by atoms with E-state index < -0.39 is 23.3 Å². The van der Waals surface area contributed by atoms with E-state index in [9.17, 15) is 18.0 Å². The summed E-state index contributed by atoms with van der Waals surface area (Å²) in [5.41, 5.74) is -1.08. The Morgan fingerprint density at radius 2 is 1.89 bits per heavy atom. The highest BCUT2D eigenvalue weighted by Gasteiger charge is 2.35. The van der Waals surface area contributed by atoms with Crippen LogP contribution in [-0.4, -0.2) is 24.2 Å². The topological polar surface area (TPSA) is 49.3 Å². The van der Waals surface area contributed by atoms with Crippen molar-refractivity contribution in [2.45, 2.75) is 24.9 Å². The van der Waals surface area contributed by atoms with Crippen LogP contribution in [0.15, 0.2) is 18.2 Å². The van der Waals surface area contributed by atoms with Crippen molar-refractivity contribution in [3.8, 4) is 0 Å². The summed E-state index contributed by atoms with van der Waals surface area (Å²) in [4.78, 5) is 11.0. The van der Waals surface area contributed by atoms with Crippen LogP contribution in [0.5, 0.6) is 0 Å². The van der Waals surface area contributed by atoms with Gasteiger partial charge >= 0.3 is 12.1 Å². The van der Waals surface area contributed by atoms with Crippen molar-refractivity contribution >= 4 is 5.97 Å². The number of aromatic carboxylic acids is 1. The van der Waals surface area contributed by atoms with Crippen molar-refractivity contribution in [2.24, 2.45) is 0 Å². The first-order valence-electron chi connectivity index (χ1n) is 6.04. The van der Waals surface area contributed by atoms with Crippen LogP contribution in [0.2, 0.25) is 0 Å². The van der Waals surface area contributed by atoms with E-state index in [-0.39, 0.29) is 5.92 Å². The Morgan fingerprint density at radius 3 is 2.42 bits per heavy atom. The van der Waals surface area contributed by atoms with Crippen LogP contribution in [-0.2, 0) is 6.18 Å². The zero-order chi connectivity index (χ0) is 14.0. The molecule has 0 spiro atoms. The molecule has 0 atom stereocenters. The number of rotatable bonds is 2. The summed E-state index contributed by atoms with van der Waals surface area (Å²) in [5.74, 6) is -1.41. The van der Waals surface area contributed by atoms with Gasteiger partial charge in [-0.2, -0.15) is 13.2 Å². The molecule has 0 aromatic heterocycles. The predicted molar refractivity (Wildman–Crippen MR) is 63.2 cm³/mol. The van der Waals surface area contributed by atoms with Gasteiger partial charge in [0.2, 0.25) is 0 Å². The number of hydrogen-bond donors (Lipinski definition) is 2. The molecule has 1 aromatic carbocycles. The molecule has 0 radical (unpaired) electrons. The molecule has 0 unspecified atom stereocenters. The standard InChI is InChI=1S/C13H14F3NO2/c14-13(15,16)11-2-1-9(7-10(11)12(18)19)8-3-5-17-6-4-8/h1-2,7-8,17H,3-6H2,(H,18,19). The summed E-state index contributed by atoms with van der Waals surface area (Å²) in [6, 6.07) is 3.44. The number of carboxylic acid groups (broad SMARTS) is 1. The van der Waals surface area contributed by atoms with Gasteiger partial charge in [0.05, 0.1) is 11.1 Å². The smallest absolute Gasteiger partial charge is 0.417 e. The third kappa shape index (κ3) is 3.07. The molecule has 1 saturated heterocycles. The number of benzene rings is 1. The number of halogens is 3. The van der Waals surface area contributed by atoms with E-state index in [1.165, 1.54) is 12.1 Å². The fourth-order valence-corrected chi connectivity index (χ4v) is 2.40. The van der Waals surface area contributed by atoms with Gasteiger partial charge in [-0.25, -0.2) is 4.79 Å². The summed E-state index contributed by atoms with van der Waals surface area (Å²) in [7, 11) is 0. The molecule has 2 N–H and O–H groups in total. The fraction of sp³-hybridized carbons (Fsp3) is 0.462. The molecule has 2 rings (SSSR count). The molecule has 104 valence electrons. The zero-order valence-electron chi connectivity index (χ0n) is 10.1. The minimum absolute atomic E-state index is 0.127. The van der Waals surface area contributed by atoms with Crippen molar-refractivity contribution in [1.29, 1.82) is 0 Å².